The number of hydrogen-bond donors (Lipinski definition) is 2. The summed E-state index contributed by atoms with van der Waals surface area (Å²) in [4.78, 5) is 11.5. The zero-order valence-corrected chi connectivity index (χ0v) is 14.3. The molecule has 1 aromatic rings. The Hall–Kier alpha value is -0.165. The maximum Gasteiger partial charge on any atom is 0.324 e. The molecular weight excluding hydrogens is 402 g/mol. The molecule has 0 aliphatic rings. The van der Waals surface area contributed by atoms with E-state index in [0.717, 1.165) is 4.78 Å². The van der Waals surface area contributed by atoms with Gasteiger partial charge in [0.15, 0.2) is 7.85 Å². The second-order valence-corrected chi connectivity index (χ2v) is 8.51. The lowest BCUT2D eigenvalue weighted by molar-refractivity contribution is -0.144. The van der Waals surface area contributed by atoms with Crippen LogP contribution in [0.2, 0.25) is 0 Å². The van der Waals surface area contributed by atoms with E-state index >= 15 is 0 Å². The highest BCUT2D eigenvalue weighted by molar-refractivity contribution is 14.1. The summed E-state index contributed by atoms with van der Waals surface area (Å²) in [7, 11) is -1.82. The molecule has 0 radical (unpaired) electrons. The van der Waals surface area contributed by atoms with E-state index in [1.54, 1.807) is 13.0 Å². The standard InChI is InChI=1S/C9H14BIN2O4S2/c1-2-17-9(14)5(12)4-13-19(15,16)6-3-7(10)18-8(6)11/h3,5,13H,2,4,10,12H2,1H3. The predicted molar refractivity (Wildman–Crippen MR) is 85.0 cm³/mol. The van der Waals surface area contributed by atoms with Crippen molar-refractivity contribution in [2.75, 3.05) is 13.2 Å². The number of esters is 1. The largest absolute Gasteiger partial charge is 0.465 e. The zero-order chi connectivity index (χ0) is 14.6. The molecule has 6 nitrogen and oxygen atoms in total. The fourth-order valence-electron chi connectivity index (χ4n) is 1.26. The van der Waals surface area contributed by atoms with Gasteiger partial charge < -0.3 is 10.5 Å². The van der Waals surface area contributed by atoms with E-state index in [2.05, 4.69) is 4.72 Å². The average molecular weight is 416 g/mol. The first-order valence-electron chi connectivity index (χ1n) is 5.45. The quantitative estimate of drug-likeness (QED) is 0.344. The van der Waals surface area contributed by atoms with Gasteiger partial charge in [0.1, 0.15) is 10.9 Å². The Morgan fingerprint density at radius 3 is 2.79 bits per heavy atom. The summed E-state index contributed by atoms with van der Waals surface area (Å²) in [5.74, 6) is -0.624. The molecular formula is C9H14BIN2O4S2. The van der Waals surface area contributed by atoms with Crippen LogP contribution in [-0.2, 0) is 19.6 Å². The molecule has 0 aliphatic carbocycles. The zero-order valence-electron chi connectivity index (χ0n) is 10.5. The fraction of sp³-hybridized carbons (Fsp3) is 0.444. The Balaban J connectivity index is 2.71. The summed E-state index contributed by atoms with van der Waals surface area (Å²) >= 11 is 3.36. The molecule has 0 spiro atoms. The van der Waals surface area contributed by atoms with Crippen LogP contribution in [0.1, 0.15) is 6.92 Å². The summed E-state index contributed by atoms with van der Waals surface area (Å²) in [6, 6.07) is 0.581. The minimum absolute atomic E-state index is 0.188. The van der Waals surface area contributed by atoms with Crippen LogP contribution in [0.25, 0.3) is 0 Å². The van der Waals surface area contributed by atoms with Crippen molar-refractivity contribution in [3.05, 3.63) is 8.95 Å². The first-order chi connectivity index (χ1) is 8.77. The van der Waals surface area contributed by atoms with Gasteiger partial charge in [-0.25, -0.2) is 13.1 Å². The Morgan fingerprint density at radius 1 is 1.68 bits per heavy atom. The van der Waals surface area contributed by atoms with Crippen molar-refractivity contribution in [2.45, 2.75) is 17.9 Å². The van der Waals surface area contributed by atoms with Crippen LogP contribution in [0.3, 0.4) is 0 Å². The monoisotopic (exact) mass is 416 g/mol. The van der Waals surface area contributed by atoms with Crippen molar-refractivity contribution in [1.29, 1.82) is 0 Å². The van der Waals surface area contributed by atoms with Gasteiger partial charge in [0.2, 0.25) is 10.0 Å². The highest BCUT2D eigenvalue weighted by Crippen LogP contribution is 2.21. The van der Waals surface area contributed by atoms with Crippen LogP contribution in [0.15, 0.2) is 11.0 Å². The molecule has 1 aromatic heterocycles. The molecule has 1 rings (SSSR count). The van der Waals surface area contributed by atoms with Crippen LogP contribution >= 0.6 is 33.9 Å². The molecule has 0 saturated carbocycles. The number of carbonyl (C=O) groups is 1. The first kappa shape index (κ1) is 16.9. The number of carbonyl (C=O) groups excluding carboxylic acids is 1. The van der Waals surface area contributed by atoms with Crippen molar-refractivity contribution in [3.63, 3.8) is 0 Å². The minimum Gasteiger partial charge on any atom is -0.465 e. The number of nitrogens with two attached hydrogens (primary N) is 1. The smallest absolute Gasteiger partial charge is 0.324 e. The topological polar surface area (TPSA) is 98.5 Å². The molecule has 106 valence electrons. The number of thiophene rings is 1. The van der Waals surface area contributed by atoms with Gasteiger partial charge in [-0.05, 0) is 40.4 Å². The van der Waals surface area contributed by atoms with Gasteiger partial charge in [0.25, 0.3) is 0 Å². The third-order valence-electron chi connectivity index (χ3n) is 2.15. The van der Waals surface area contributed by atoms with E-state index < -0.39 is 22.0 Å². The van der Waals surface area contributed by atoms with Crippen LogP contribution in [0, 0.1) is 2.88 Å². The molecule has 0 aromatic carbocycles. The summed E-state index contributed by atoms with van der Waals surface area (Å²) in [5.41, 5.74) is 5.53. The van der Waals surface area contributed by atoms with E-state index in [1.165, 1.54) is 11.3 Å². The third-order valence-corrected chi connectivity index (χ3v) is 6.17. The van der Waals surface area contributed by atoms with Crippen molar-refractivity contribution in [1.82, 2.24) is 4.72 Å². The third kappa shape index (κ3) is 4.70. The van der Waals surface area contributed by atoms with Crippen LogP contribution in [0.5, 0.6) is 0 Å². The summed E-state index contributed by atoms with van der Waals surface area (Å²) in [6.07, 6.45) is 0. The van der Waals surface area contributed by atoms with Gasteiger partial charge in [-0.2, -0.15) is 0 Å². The normalized spacial score (nSPS) is 13.2. The number of sulfonamides is 1. The molecule has 0 aliphatic heterocycles. The lowest BCUT2D eigenvalue weighted by atomic mass is 10.1. The highest BCUT2D eigenvalue weighted by atomic mass is 127. The lowest BCUT2D eigenvalue weighted by Gasteiger charge is -2.11. The minimum atomic E-state index is -3.65. The van der Waals surface area contributed by atoms with Gasteiger partial charge in [-0.3, -0.25) is 4.79 Å². The van der Waals surface area contributed by atoms with Crippen molar-refractivity contribution in [3.8, 4) is 0 Å². The molecule has 10 heteroatoms. The molecule has 1 atom stereocenters. The summed E-state index contributed by atoms with van der Waals surface area (Å²) in [5, 5.41) is 0. The second kappa shape index (κ2) is 7.02. The number of hydrogen-bond acceptors (Lipinski definition) is 6. The number of nitrogens with one attached hydrogen (secondary N) is 1. The van der Waals surface area contributed by atoms with Gasteiger partial charge >= 0.3 is 5.97 Å². The number of rotatable bonds is 6. The summed E-state index contributed by atoms with van der Waals surface area (Å²) in [6.45, 7) is 1.68. The number of ether oxygens (including phenoxy) is 1. The molecule has 1 heterocycles. The van der Waals surface area contributed by atoms with E-state index in [0.29, 0.717) is 2.88 Å². The van der Waals surface area contributed by atoms with Gasteiger partial charge in [0, 0.05) is 6.54 Å². The predicted octanol–water partition coefficient (Wildman–Crippen LogP) is -1.22. The maximum atomic E-state index is 12.0. The van der Waals surface area contributed by atoms with E-state index in [-0.39, 0.29) is 18.0 Å². The van der Waals surface area contributed by atoms with E-state index in [1.807, 2.05) is 30.4 Å². The lowest BCUT2D eigenvalue weighted by Crippen LogP contribution is -2.43. The average Bonchev–Trinajstić information content (AvgIpc) is 2.66. The van der Waals surface area contributed by atoms with E-state index in [4.69, 9.17) is 10.5 Å². The van der Waals surface area contributed by atoms with Crippen LogP contribution < -0.4 is 15.2 Å². The van der Waals surface area contributed by atoms with Crippen molar-refractivity contribution < 1.29 is 17.9 Å². The van der Waals surface area contributed by atoms with Crippen molar-refractivity contribution >= 4 is 62.5 Å². The molecule has 0 amide bonds. The van der Waals surface area contributed by atoms with E-state index in [9.17, 15) is 13.2 Å². The highest BCUT2D eigenvalue weighted by Gasteiger charge is 2.22. The molecule has 3 N–H and O–H groups in total. The maximum absolute atomic E-state index is 12.0. The molecule has 19 heavy (non-hydrogen) atoms. The van der Waals surface area contributed by atoms with Crippen LogP contribution in [-0.4, -0.2) is 41.4 Å². The Kier molecular flexibility index (Phi) is 6.24. The molecule has 1 unspecified atom stereocenters. The SMILES string of the molecule is Bc1cc(S(=O)(=O)NCC(N)C(=O)OCC)c(I)s1. The van der Waals surface area contributed by atoms with Crippen molar-refractivity contribution in [2.24, 2.45) is 5.73 Å². The van der Waals surface area contributed by atoms with Gasteiger partial charge in [-0.15, -0.1) is 11.3 Å². The van der Waals surface area contributed by atoms with Gasteiger partial charge in [0.05, 0.1) is 9.49 Å². The van der Waals surface area contributed by atoms with Gasteiger partial charge in [-0.1, -0.05) is 0 Å². The second-order valence-electron chi connectivity index (χ2n) is 3.71. The molecule has 0 bridgehead atoms. The summed E-state index contributed by atoms with van der Waals surface area (Å²) < 4.78 is 32.7. The molecule has 0 fully saturated rings. The molecule has 0 saturated heterocycles. The Labute approximate surface area is 130 Å². The number of halogens is 1. The van der Waals surface area contributed by atoms with Crippen LogP contribution in [0.4, 0.5) is 0 Å². The first-order valence-corrected chi connectivity index (χ1v) is 8.83. The Bertz CT molecular complexity index is 561. The fourth-order valence-corrected chi connectivity index (χ4v) is 5.57. The Morgan fingerprint density at radius 2 is 2.32 bits per heavy atom.